The van der Waals surface area contributed by atoms with Crippen LogP contribution in [-0.2, 0) is 11.3 Å². The number of aromatic nitrogens is 2. The molecule has 1 aliphatic heterocycles. The molecule has 0 aliphatic carbocycles. The van der Waals surface area contributed by atoms with Crippen LogP contribution in [0.5, 0.6) is 23.0 Å². The molecule has 0 spiro atoms. The summed E-state index contributed by atoms with van der Waals surface area (Å²) in [5.41, 5.74) is 1.30. The molecular weight excluding hydrogens is 531 g/mol. The number of hydrogen-bond donors (Lipinski definition) is 2. The normalized spacial score (nSPS) is 15.2. The van der Waals surface area contributed by atoms with Gasteiger partial charge in [-0.15, -0.1) is 13.2 Å². The molecule has 1 unspecified atom stereocenters. The summed E-state index contributed by atoms with van der Waals surface area (Å²) >= 11 is 0. The van der Waals surface area contributed by atoms with E-state index in [-0.39, 0.29) is 24.1 Å². The molecule has 13 heteroatoms. The van der Waals surface area contributed by atoms with Crippen LogP contribution >= 0.6 is 0 Å². The molecule has 1 aliphatic rings. The predicted molar refractivity (Wildman–Crippen MR) is 141 cm³/mol. The van der Waals surface area contributed by atoms with Crippen molar-refractivity contribution in [3.05, 3.63) is 54.2 Å². The van der Waals surface area contributed by atoms with E-state index in [1.165, 1.54) is 45.6 Å². The lowest BCUT2D eigenvalue weighted by atomic mass is 9.97. The number of benzene rings is 2. The highest BCUT2D eigenvalue weighted by Crippen LogP contribution is 2.40. The molecule has 0 bridgehead atoms. The zero-order valence-corrected chi connectivity index (χ0v) is 22.2. The average molecular weight is 562 g/mol. The first-order valence-electron chi connectivity index (χ1n) is 12.5. The minimum atomic E-state index is -4.75. The van der Waals surface area contributed by atoms with Crippen LogP contribution in [0.3, 0.4) is 0 Å². The first-order chi connectivity index (χ1) is 19.2. The third-order valence-corrected chi connectivity index (χ3v) is 6.30. The second-order valence-electron chi connectivity index (χ2n) is 8.97. The zero-order valence-electron chi connectivity index (χ0n) is 22.2. The summed E-state index contributed by atoms with van der Waals surface area (Å²) in [7, 11) is 4.59. The quantitative estimate of drug-likeness (QED) is 0.365. The maximum atomic E-state index is 12.9. The molecule has 214 valence electrons. The highest BCUT2D eigenvalue weighted by molar-refractivity contribution is 5.79. The molecule has 2 N–H and O–H groups in total. The number of carbonyl (C=O) groups is 1. The van der Waals surface area contributed by atoms with Crippen molar-refractivity contribution in [2.24, 2.45) is 5.92 Å². The van der Waals surface area contributed by atoms with E-state index in [4.69, 9.17) is 14.2 Å². The van der Waals surface area contributed by atoms with Gasteiger partial charge in [0.1, 0.15) is 11.6 Å². The van der Waals surface area contributed by atoms with Crippen molar-refractivity contribution < 1.29 is 36.9 Å². The van der Waals surface area contributed by atoms with Crippen LogP contribution in [-0.4, -0.2) is 56.7 Å². The van der Waals surface area contributed by atoms with Gasteiger partial charge >= 0.3 is 6.36 Å². The standard InChI is InChI=1S/C27H30F3N5O5/c1-37-21-13-19(14-22(38-2)24(21)39-3)33-26-31-11-10-23(34-26)35-12-4-5-18(16-35)25(36)32-15-17-6-8-20(9-7-17)40-27(28,29)30/h6-11,13-14,18H,4-5,12,15-16H2,1-3H3,(H,32,36)(H,31,33,34). The molecule has 1 saturated heterocycles. The number of methoxy groups -OCH3 is 3. The van der Waals surface area contributed by atoms with Gasteiger partial charge in [0, 0.05) is 43.7 Å². The van der Waals surface area contributed by atoms with Crippen molar-refractivity contribution >= 4 is 23.4 Å². The molecule has 3 aromatic rings. The van der Waals surface area contributed by atoms with E-state index in [1.54, 1.807) is 24.4 Å². The van der Waals surface area contributed by atoms with Crippen molar-refractivity contribution in [1.82, 2.24) is 15.3 Å². The largest absolute Gasteiger partial charge is 0.573 e. The molecule has 1 fully saturated rings. The van der Waals surface area contributed by atoms with E-state index >= 15 is 0 Å². The van der Waals surface area contributed by atoms with Gasteiger partial charge in [0.05, 0.1) is 27.2 Å². The van der Waals surface area contributed by atoms with E-state index in [1.807, 2.05) is 4.90 Å². The Hall–Kier alpha value is -4.42. The van der Waals surface area contributed by atoms with Gasteiger partial charge in [-0.1, -0.05) is 12.1 Å². The van der Waals surface area contributed by atoms with E-state index in [0.29, 0.717) is 53.2 Å². The van der Waals surface area contributed by atoms with Crippen molar-refractivity contribution in [1.29, 1.82) is 0 Å². The Kier molecular flexibility index (Phi) is 9.02. The van der Waals surface area contributed by atoms with Crippen LogP contribution in [0.15, 0.2) is 48.7 Å². The van der Waals surface area contributed by atoms with E-state index < -0.39 is 6.36 Å². The summed E-state index contributed by atoms with van der Waals surface area (Å²) in [6.45, 7) is 1.38. The molecule has 2 aromatic carbocycles. The van der Waals surface area contributed by atoms with Gasteiger partial charge in [0.2, 0.25) is 17.6 Å². The monoisotopic (exact) mass is 561 g/mol. The molecule has 2 heterocycles. The number of carbonyl (C=O) groups excluding carboxylic acids is 1. The number of nitrogens with one attached hydrogen (secondary N) is 2. The van der Waals surface area contributed by atoms with Gasteiger partial charge in [0.15, 0.2) is 11.5 Å². The second-order valence-corrected chi connectivity index (χ2v) is 8.97. The number of hydrogen-bond acceptors (Lipinski definition) is 9. The lowest BCUT2D eigenvalue weighted by molar-refractivity contribution is -0.274. The van der Waals surface area contributed by atoms with E-state index in [9.17, 15) is 18.0 Å². The maximum absolute atomic E-state index is 12.9. The van der Waals surface area contributed by atoms with Gasteiger partial charge in [-0.3, -0.25) is 4.79 Å². The van der Waals surface area contributed by atoms with Crippen LogP contribution in [0.2, 0.25) is 0 Å². The minimum absolute atomic E-state index is 0.134. The highest BCUT2D eigenvalue weighted by Gasteiger charge is 2.31. The van der Waals surface area contributed by atoms with Crippen molar-refractivity contribution in [2.75, 3.05) is 44.6 Å². The van der Waals surface area contributed by atoms with Crippen molar-refractivity contribution in [3.63, 3.8) is 0 Å². The van der Waals surface area contributed by atoms with Crippen LogP contribution in [0.1, 0.15) is 18.4 Å². The highest BCUT2D eigenvalue weighted by atomic mass is 19.4. The Morgan fingerprint density at radius 3 is 2.38 bits per heavy atom. The van der Waals surface area contributed by atoms with Gasteiger partial charge < -0.3 is 34.5 Å². The number of alkyl halides is 3. The van der Waals surface area contributed by atoms with Crippen LogP contribution in [0.25, 0.3) is 0 Å². The molecular formula is C27H30F3N5O5. The molecule has 40 heavy (non-hydrogen) atoms. The first-order valence-corrected chi connectivity index (χ1v) is 12.5. The maximum Gasteiger partial charge on any atom is 0.573 e. The number of anilines is 3. The zero-order chi connectivity index (χ0) is 28.7. The summed E-state index contributed by atoms with van der Waals surface area (Å²) < 4.78 is 57.1. The number of piperidine rings is 1. The Morgan fingerprint density at radius 2 is 1.75 bits per heavy atom. The molecule has 1 atom stereocenters. The number of nitrogens with zero attached hydrogens (tertiary/aromatic N) is 3. The predicted octanol–water partition coefficient (Wildman–Crippen LogP) is 4.68. The lowest BCUT2D eigenvalue weighted by Gasteiger charge is -2.33. The Bertz CT molecular complexity index is 1280. The fourth-order valence-electron chi connectivity index (χ4n) is 4.41. The number of halogens is 3. The van der Waals surface area contributed by atoms with Gasteiger partial charge in [0.25, 0.3) is 0 Å². The summed E-state index contributed by atoms with van der Waals surface area (Å²) in [5, 5.41) is 6.03. The smallest absolute Gasteiger partial charge is 0.493 e. The first kappa shape index (κ1) is 28.6. The summed E-state index contributed by atoms with van der Waals surface area (Å²) in [6, 6.07) is 10.7. The molecule has 10 nitrogen and oxygen atoms in total. The molecule has 1 aromatic heterocycles. The SMILES string of the molecule is COc1cc(Nc2nccc(N3CCCC(C(=O)NCc4ccc(OC(F)(F)F)cc4)C3)n2)cc(OC)c1OC. The fourth-order valence-corrected chi connectivity index (χ4v) is 4.41. The van der Waals surface area contributed by atoms with Crippen LogP contribution in [0, 0.1) is 5.92 Å². The van der Waals surface area contributed by atoms with E-state index in [0.717, 1.165) is 13.0 Å². The lowest BCUT2D eigenvalue weighted by Crippen LogP contribution is -2.43. The van der Waals surface area contributed by atoms with Crippen LogP contribution in [0.4, 0.5) is 30.6 Å². The molecule has 4 rings (SSSR count). The topological polar surface area (TPSA) is 107 Å². The number of amides is 1. The summed E-state index contributed by atoms with van der Waals surface area (Å²) in [6.07, 6.45) is -1.61. The number of rotatable bonds is 10. The Balaban J connectivity index is 1.37. The van der Waals surface area contributed by atoms with Gasteiger partial charge in [-0.2, -0.15) is 4.98 Å². The van der Waals surface area contributed by atoms with Gasteiger partial charge in [-0.25, -0.2) is 4.98 Å². The Morgan fingerprint density at radius 1 is 1.05 bits per heavy atom. The minimum Gasteiger partial charge on any atom is -0.493 e. The Labute approximate surface area is 229 Å². The summed E-state index contributed by atoms with van der Waals surface area (Å²) in [4.78, 5) is 23.9. The molecule has 0 saturated carbocycles. The third-order valence-electron chi connectivity index (χ3n) is 6.30. The van der Waals surface area contributed by atoms with E-state index in [2.05, 4.69) is 25.3 Å². The fraction of sp³-hybridized carbons (Fsp3) is 0.370. The third kappa shape index (κ3) is 7.36. The summed E-state index contributed by atoms with van der Waals surface area (Å²) in [5.74, 6) is 1.74. The van der Waals surface area contributed by atoms with Crippen molar-refractivity contribution in [3.8, 4) is 23.0 Å². The molecule has 1 amide bonds. The second kappa shape index (κ2) is 12.6. The van der Waals surface area contributed by atoms with Gasteiger partial charge in [-0.05, 0) is 36.6 Å². The molecule has 0 radical (unpaired) electrons. The van der Waals surface area contributed by atoms with Crippen LogP contribution < -0.4 is 34.5 Å². The van der Waals surface area contributed by atoms with Crippen molar-refractivity contribution in [2.45, 2.75) is 25.7 Å². The average Bonchev–Trinajstić information content (AvgIpc) is 2.95. The number of ether oxygens (including phenoxy) is 4.